The Kier molecular flexibility index (Phi) is 4.78. The maximum atomic E-state index is 11.9. The predicted octanol–water partition coefficient (Wildman–Crippen LogP) is -2.02. The Balaban J connectivity index is 1.97. The van der Waals surface area contributed by atoms with Crippen LogP contribution in [0.3, 0.4) is 0 Å². The van der Waals surface area contributed by atoms with E-state index in [2.05, 4.69) is 15.0 Å². The van der Waals surface area contributed by atoms with Crippen LogP contribution in [0.25, 0.3) is 11.2 Å². The minimum atomic E-state index is -1.06. The maximum Gasteiger partial charge on any atom is 0.280 e. The number of nitrogens with zero attached hydrogens (tertiary/aromatic N) is 3. The number of ether oxygens (including phenoxy) is 3. The molecule has 0 saturated carbocycles. The number of anilines is 1. The molecule has 3 heterocycles. The Morgan fingerprint density at radius 1 is 1.50 bits per heavy atom. The van der Waals surface area contributed by atoms with Crippen LogP contribution in [0, 0.1) is 0 Å². The van der Waals surface area contributed by atoms with E-state index in [-0.39, 0.29) is 30.3 Å². The van der Waals surface area contributed by atoms with Crippen molar-refractivity contribution < 1.29 is 24.4 Å². The van der Waals surface area contributed by atoms with Crippen LogP contribution < -0.4 is 11.3 Å². The van der Waals surface area contributed by atoms with Gasteiger partial charge in [-0.15, -0.1) is 0 Å². The average Bonchev–Trinajstić information content (AvgIpc) is 3.09. The molecule has 2 aromatic heterocycles. The number of nitrogens with two attached hydrogens (primary N) is 1. The summed E-state index contributed by atoms with van der Waals surface area (Å²) < 4.78 is 17.7. The number of nitrogen functional groups attached to an aromatic ring is 1. The quantitative estimate of drug-likeness (QED) is 0.435. The highest BCUT2D eigenvalue weighted by Gasteiger charge is 2.45. The summed E-state index contributed by atoms with van der Waals surface area (Å²) in [5.41, 5.74) is 5.39. The first-order chi connectivity index (χ1) is 11.6. The molecule has 0 aromatic carbocycles. The molecule has 0 bridgehead atoms. The highest BCUT2D eigenvalue weighted by molar-refractivity contribution is 5.70. The van der Waals surface area contributed by atoms with E-state index in [0.29, 0.717) is 6.61 Å². The normalized spacial score (nSPS) is 27.1. The Bertz CT molecular complexity index is 761. The van der Waals surface area contributed by atoms with Gasteiger partial charge in [-0.05, 0) is 0 Å². The second-order valence-corrected chi connectivity index (χ2v) is 5.34. The molecule has 0 aliphatic carbocycles. The molecule has 11 nitrogen and oxygen atoms in total. The minimum absolute atomic E-state index is 0.0663. The Labute approximate surface area is 136 Å². The standard InChI is InChI=1S/C13H19N5O6/c1-22-2-3-23-9-8(20)6(4-19)24-12(9)18-5-15-7-10(18)16-13(14)17-11(7)21/h5-6,8-9,12,19-20H,2-4H2,1H3,(H3,14,16,17,21)/t6-,8-,9-,12-/m0/s1. The van der Waals surface area contributed by atoms with Gasteiger partial charge < -0.3 is 30.2 Å². The highest BCUT2D eigenvalue weighted by atomic mass is 16.6. The molecule has 2 aromatic rings. The van der Waals surface area contributed by atoms with E-state index in [9.17, 15) is 15.0 Å². The zero-order valence-electron chi connectivity index (χ0n) is 13.0. The molecule has 24 heavy (non-hydrogen) atoms. The van der Waals surface area contributed by atoms with Crippen molar-refractivity contribution in [3.05, 3.63) is 16.7 Å². The number of aromatic nitrogens is 4. The second kappa shape index (κ2) is 6.83. The van der Waals surface area contributed by atoms with Crippen LogP contribution in [0.5, 0.6) is 0 Å². The minimum Gasteiger partial charge on any atom is -0.394 e. The Morgan fingerprint density at radius 2 is 2.29 bits per heavy atom. The summed E-state index contributed by atoms with van der Waals surface area (Å²) in [6.07, 6.45) is -2.16. The van der Waals surface area contributed by atoms with Crippen LogP contribution in [0.15, 0.2) is 11.1 Å². The first kappa shape index (κ1) is 16.8. The number of aliphatic hydroxyl groups is 2. The van der Waals surface area contributed by atoms with Crippen molar-refractivity contribution >= 4 is 17.1 Å². The van der Waals surface area contributed by atoms with Gasteiger partial charge in [-0.3, -0.25) is 14.3 Å². The first-order valence-corrected chi connectivity index (χ1v) is 7.34. The predicted molar refractivity (Wildman–Crippen MR) is 81.2 cm³/mol. The topological polar surface area (TPSA) is 158 Å². The third-order valence-electron chi connectivity index (χ3n) is 3.82. The molecule has 1 aliphatic rings. The Morgan fingerprint density at radius 3 is 3.00 bits per heavy atom. The molecule has 11 heteroatoms. The number of methoxy groups -OCH3 is 1. The van der Waals surface area contributed by atoms with E-state index >= 15 is 0 Å². The van der Waals surface area contributed by atoms with Crippen molar-refractivity contribution in [3.63, 3.8) is 0 Å². The van der Waals surface area contributed by atoms with E-state index < -0.39 is 30.1 Å². The van der Waals surface area contributed by atoms with E-state index in [1.165, 1.54) is 18.0 Å². The largest absolute Gasteiger partial charge is 0.394 e. The lowest BCUT2D eigenvalue weighted by atomic mass is 10.1. The lowest BCUT2D eigenvalue weighted by Crippen LogP contribution is -2.36. The zero-order chi connectivity index (χ0) is 17.3. The van der Waals surface area contributed by atoms with Crippen LogP contribution in [0.2, 0.25) is 0 Å². The summed E-state index contributed by atoms with van der Waals surface area (Å²) in [5, 5.41) is 19.7. The Hall–Kier alpha value is -2.05. The van der Waals surface area contributed by atoms with Crippen molar-refractivity contribution in [1.29, 1.82) is 0 Å². The average molecular weight is 341 g/mol. The second-order valence-electron chi connectivity index (χ2n) is 5.34. The number of imidazole rings is 1. The number of aromatic amines is 1. The summed E-state index contributed by atoms with van der Waals surface area (Å²) in [6, 6.07) is 0. The number of hydrogen-bond donors (Lipinski definition) is 4. The molecule has 1 saturated heterocycles. The molecule has 3 rings (SSSR count). The summed E-state index contributed by atoms with van der Waals surface area (Å²) in [4.78, 5) is 22.3. The number of rotatable bonds is 6. The molecule has 0 spiro atoms. The van der Waals surface area contributed by atoms with Gasteiger partial charge in [0.1, 0.15) is 18.3 Å². The van der Waals surface area contributed by atoms with E-state index in [1.807, 2.05) is 0 Å². The van der Waals surface area contributed by atoms with Crippen molar-refractivity contribution in [2.24, 2.45) is 0 Å². The maximum absolute atomic E-state index is 11.9. The summed E-state index contributed by atoms with van der Waals surface area (Å²) in [5.74, 6) is -0.0663. The third kappa shape index (κ3) is 2.87. The SMILES string of the molecule is COCCO[C@H]1[C@@H](O)[C@H](CO)O[C@@H]1n1cnc2c(=O)[nH]c(N)nc21. The number of H-pyrrole nitrogens is 1. The molecule has 4 atom stereocenters. The molecule has 132 valence electrons. The summed E-state index contributed by atoms with van der Waals surface area (Å²) in [7, 11) is 1.53. The van der Waals surface area contributed by atoms with Gasteiger partial charge >= 0.3 is 0 Å². The molecular weight excluding hydrogens is 322 g/mol. The molecule has 0 radical (unpaired) electrons. The molecule has 1 aliphatic heterocycles. The van der Waals surface area contributed by atoms with Crippen molar-refractivity contribution in [2.45, 2.75) is 24.5 Å². The molecule has 5 N–H and O–H groups in total. The van der Waals surface area contributed by atoms with Crippen molar-refractivity contribution in [1.82, 2.24) is 19.5 Å². The smallest absolute Gasteiger partial charge is 0.280 e. The monoisotopic (exact) mass is 341 g/mol. The van der Waals surface area contributed by atoms with Gasteiger partial charge in [-0.2, -0.15) is 4.98 Å². The highest BCUT2D eigenvalue weighted by Crippen LogP contribution is 2.33. The van der Waals surface area contributed by atoms with E-state index in [0.717, 1.165) is 0 Å². The molecular formula is C13H19N5O6. The molecule has 1 fully saturated rings. The van der Waals surface area contributed by atoms with Crippen molar-refractivity contribution in [2.75, 3.05) is 32.7 Å². The van der Waals surface area contributed by atoms with Gasteiger partial charge in [-0.1, -0.05) is 0 Å². The van der Waals surface area contributed by atoms with Gasteiger partial charge in [0, 0.05) is 7.11 Å². The third-order valence-corrected chi connectivity index (χ3v) is 3.82. The van der Waals surface area contributed by atoms with Gasteiger partial charge in [0.05, 0.1) is 26.1 Å². The van der Waals surface area contributed by atoms with Gasteiger partial charge in [0.15, 0.2) is 17.4 Å². The first-order valence-electron chi connectivity index (χ1n) is 7.34. The lowest BCUT2D eigenvalue weighted by Gasteiger charge is -2.21. The van der Waals surface area contributed by atoms with Crippen LogP contribution in [0.1, 0.15) is 6.23 Å². The van der Waals surface area contributed by atoms with Crippen LogP contribution in [-0.4, -0.2) is 75.0 Å². The van der Waals surface area contributed by atoms with Crippen LogP contribution in [0.4, 0.5) is 5.95 Å². The molecule has 0 unspecified atom stereocenters. The number of nitrogens with one attached hydrogen (secondary N) is 1. The fraction of sp³-hybridized carbons (Fsp3) is 0.615. The fourth-order valence-electron chi connectivity index (χ4n) is 2.67. The van der Waals surface area contributed by atoms with Gasteiger partial charge in [-0.25, -0.2) is 4.98 Å². The van der Waals surface area contributed by atoms with E-state index in [1.54, 1.807) is 0 Å². The van der Waals surface area contributed by atoms with Crippen LogP contribution >= 0.6 is 0 Å². The van der Waals surface area contributed by atoms with Gasteiger partial charge in [0.25, 0.3) is 5.56 Å². The van der Waals surface area contributed by atoms with Gasteiger partial charge in [0.2, 0.25) is 5.95 Å². The number of hydrogen-bond acceptors (Lipinski definition) is 9. The molecule has 0 amide bonds. The summed E-state index contributed by atoms with van der Waals surface area (Å²) in [6.45, 7) is 0.166. The van der Waals surface area contributed by atoms with Crippen molar-refractivity contribution in [3.8, 4) is 0 Å². The number of aliphatic hydroxyl groups excluding tert-OH is 2. The van der Waals surface area contributed by atoms with Crippen LogP contribution in [-0.2, 0) is 14.2 Å². The number of fused-ring (bicyclic) bond motifs is 1. The fourth-order valence-corrected chi connectivity index (χ4v) is 2.67. The van der Waals surface area contributed by atoms with E-state index in [4.69, 9.17) is 19.9 Å². The summed E-state index contributed by atoms with van der Waals surface area (Å²) >= 11 is 0. The zero-order valence-corrected chi connectivity index (χ0v) is 13.0. The lowest BCUT2D eigenvalue weighted by molar-refractivity contribution is -0.0785.